The Balaban J connectivity index is 1.53. The van der Waals surface area contributed by atoms with Crippen LogP contribution in [-0.4, -0.2) is 25.5 Å². The number of hydrogen-bond acceptors (Lipinski definition) is 5. The van der Waals surface area contributed by atoms with Crippen LogP contribution >= 0.6 is 0 Å². The molecule has 0 aliphatic carbocycles. The number of para-hydroxylation sites is 1. The highest BCUT2D eigenvalue weighted by molar-refractivity contribution is 5.99. The minimum atomic E-state index is -0.341. The largest absolute Gasteiger partial charge is 0.493 e. The third-order valence-corrected chi connectivity index (χ3v) is 4.40. The van der Waals surface area contributed by atoms with Crippen LogP contribution in [0.4, 0.5) is 5.69 Å². The summed E-state index contributed by atoms with van der Waals surface area (Å²) < 4.78 is 16.5. The molecular formula is C20H18N2O5. The number of benzene rings is 2. The number of hydrogen-bond donors (Lipinski definition) is 2. The molecule has 0 fully saturated rings. The van der Waals surface area contributed by atoms with E-state index in [0.717, 1.165) is 5.39 Å². The second kappa shape index (κ2) is 6.68. The minimum absolute atomic E-state index is 0.0602. The molecule has 1 aliphatic heterocycles. The number of fused-ring (bicyclic) bond motifs is 2. The van der Waals surface area contributed by atoms with Gasteiger partial charge in [0.05, 0.1) is 18.8 Å². The first kappa shape index (κ1) is 17.0. The highest BCUT2D eigenvalue weighted by Gasteiger charge is 2.20. The third-order valence-electron chi connectivity index (χ3n) is 4.40. The fourth-order valence-electron chi connectivity index (χ4n) is 3.00. The lowest BCUT2D eigenvalue weighted by molar-refractivity contribution is -0.118. The van der Waals surface area contributed by atoms with Crippen LogP contribution in [0, 0.1) is 0 Å². The zero-order valence-electron chi connectivity index (χ0n) is 14.9. The molecule has 4 rings (SSSR count). The van der Waals surface area contributed by atoms with E-state index < -0.39 is 0 Å². The van der Waals surface area contributed by atoms with Gasteiger partial charge in [0.15, 0.2) is 17.9 Å². The van der Waals surface area contributed by atoms with Crippen molar-refractivity contribution in [3.63, 3.8) is 0 Å². The molecule has 2 N–H and O–H groups in total. The molecular weight excluding hydrogens is 348 g/mol. The second-order valence-corrected chi connectivity index (χ2v) is 6.27. The Morgan fingerprint density at radius 3 is 2.93 bits per heavy atom. The van der Waals surface area contributed by atoms with Crippen LogP contribution in [0.25, 0.3) is 11.0 Å². The number of carbonyl (C=O) groups is 2. The van der Waals surface area contributed by atoms with E-state index >= 15 is 0 Å². The molecule has 3 aromatic rings. The van der Waals surface area contributed by atoms with Gasteiger partial charge in [-0.05, 0) is 37.3 Å². The Bertz CT molecular complexity index is 1040. The number of rotatable bonds is 4. The third kappa shape index (κ3) is 3.19. The highest BCUT2D eigenvalue weighted by Crippen LogP contribution is 2.31. The van der Waals surface area contributed by atoms with Crippen molar-refractivity contribution in [3.8, 4) is 11.5 Å². The first-order valence-electron chi connectivity index (χ1n) is 8.49. The lowest BCUT2D eigenvalue weighted by atomic mass is 10.1. The van der Waals surface area contributed by atoms with Crippen molar-refractivity contribution in [2.45, 2.75) is 13.0 Å². The molecule has 0 saturated carbocycles. The van der Waals surface area contributed by atoms with E-state index in [4.69, 9.17) is 13.9 Å². The summed E-state index contributed by atoms with van der Waals surface area (Å²) in [6, 6.07) is 12.1. The predicted octanol–water partition coefficient (Wildman–Crippen LogP) is 3.26. The molecule has 2 amide bonds. The molecule has 7 nitrogen and oxygen atoms in total. The standard InChI is InChI=1S/C20H18N2O5/c1-11(16-8-12-4-3-5-15(25-2)19(12)27-16)21-20(24)13-6-7-14-17(9-13)26-10-18(23)22-14/h3-9,11H,10H2,1-2H3,(H,21,24)(H,22,23)/t11-/m0/s1. The second-order valence-electron chi connectivity index (χ2n) is 6.27. The van der Waals surface area contributed by atoms with Crippen LogP contribution in [0.3, 0.4) is 0 Å². The Morgan fingerprint density at radius 1 is 1.26 bits per heavy atom. The van der Waals surface area contributed by atoms with Crippen molar-refractivity contribution in [2.24, 2.45) is 0 Å². The van der Waals surface area contributed by atoms with E-state index in [-0.39, 0.29) is 24.5 Å². The lowest BCUT2D eigenvalue weighted by Gasteiger charge is -2.18. The normalized spacial score (nSPS) is 14.1. The van der Waals surface area contributed by atoms with E-state index in [1.807, 2.05) is 31.2 Å². The van der Waals surface area contributed by atoms with Gasteiger partial charge >= 0.3 is 0 Å². The topological polar surface area (TPSA) is 89.8 Å². The SMILES string of the molecule is COc1cccc2cc([C@H](C)NC(=O)c3ccc4c(c3)OCC(=O)N4)oc12. The maximum Gasteiger partial charge on any atom is 0.262 e. The monoisotopic (exact) mass is 366 g/mol. The molecule has 0 saturated heterocycles. The molecule has 27 heavy (non-hydrogen) atoms. The fraction of sp³-hybridized carbons (Fsp3) is 0.200. The molecule has 1 aromatic heterocycles. The summed E-state index contributed by atoms with van der Waals surface area (Å²) in [5.41, 5.74) is 1.64. The summed E-state index contributed by atoms with van der Waals surface area (Å²) in [4.78, 5) is 23.9. The van der Waals surface area contributed by atoms with Gasteiger partial charge in [-0.25, -0.2) is 0 Å². The Kier molecular flexibility index (Phi) is 4.19. The average Bonchev–Trinajstić information content (AvgIpc) is 3.12. The van der Waals surface area contributed by atoms with Crippen LogP contribution < -0.4 is 20.1 Å². The molecule has 2 aromatic carbocycles. The minimum Gasteiger partial charge on any atom is -0.493 e. The fourth-order valence-corrected chi connectivity index (χ4v) is 3.00. The smallest absolute Gasteiger partial charge is 0.262 e. The first-order chi connectivity index (χ1) is 13.0. The number of carbonyl (C=O) groups excluding carboxylic acids is 2. The van der Waals surface area contributed by atoms with Gasteiger partial charge in [0.25, 0.3) is 11.8 Å². The van der Waals surface area contributed by atoms with Crippen molar-refractivity contribution in [1.82, 2.24) is 5.32 Å². The number of ether oxygens (including phenoxy) is 2. The van der Waals surface area contributed by atoms with Gasteiger partial charge in [-0.15, -0.1) is 0 Å². The summed E-state index contributed by atoms with van der Waals surface area (Å²) in [6.45, 7) is 1.78. The Hall–Kier alpha value is -3.48. The molecule has 1 aliphatic rings. The van der Waals surface area contributed by atoms with Crippen molar-refractivity contribution in [2.75, 3.05) is 19.0 Å². The van der Waals surface area contributed by atoms with Crippen LogP contribution in [0.1, 0.15) is 29.1 Å². The van der Waals surface area contributed by atoms with Crippen LogP contribution in [0.15, 0.2) is 46.9 Å². The highest BCUT2D eigenvalue weighted by atomic mass is 16.5. The van der Waals surface area contributed by atoms with Crippen molar-refractivity contribution >= 4 is 28.5 Å². The number of methoxy groups -OCH3 is 1. The number of furan rings is 1. The van der Waals surface area contributed by atoms with Gasteiger partial charge in [-0.2, -0.15) is 0 Å². The maximum atomic E-state index is 12.6. The molecule has 0 unspecified atom stereocenters. The van der Waals surface area contributed by atoms with Crippen LogP contribution in [0.2, 0.25) is 0 Å². The zero-order valence-corrected chi connectivity index (χ0v) is 14.9. The summed E-state index contributed by atoms with van der Waals surface area (Å²) in [5.74, 6) is 1.27. The Morgan fingerprint density at radius 2 is 2.11 bits per heavy atom. The van der Waals surface area contributed by atoms with E-state index in [9.17, 15) is 9.59 Å². The molecule has 0 bridgehead atoms. The van der Waals surface area contributed by atoms with Gasteiger partial charge < -0.3 is 24.5 Å². The summed E-state index contributed by atoms with van der Waals surface area (Å²) in [6.07, 6.45) is 0. The molecule has 1 atom stereocenters. The van der Waals surface area contributed by atoms with Gasteiger partial charge in [-0.1, -0.05) is 12.1 Å². The van der Waals surface area contributed by atoms with Gasteiger partial charge in [0.1, 0.15) is 11.5 Å². The van der Waals surface area contributed by atoms with Crippen LogP contribution in [0.5, 0.6) is 11.5 Å². The quantitative estimate of drug-likeness (QED) is 0.740. The number of amides is 2. The summed E-state index contributed by atoms with van der Waals surface area (Å²) in [5, 5.41) is 6.51. The van der Waals surface area contributed by atoms with Crippen molar-refractivity contribution < 1.29 is 23.5 Å². The van der Waals surface area contributed by atoms with Crippen molar-refractivity contribution in [3.05, 3.63) is 53.8 Å². The van der Waals surface area contributed by atoms with Gasteiger partial charge in [-0.3, -0.25) is 9.59 Å². The molecule has 0 spiro atoms. The number of anilines is 1. The summed E-state index contributed by atoms with van der Waals surface area (Å²) >= 11 is 0. The van der Waals surface area contributed by atoms with Crippen molar-refractivity contribution in [1.29, 1.82) is 0 Å². The molecule has 138 valence electrons. The molecule has 2 heterocycles. The number of nitrogens with one attached hydrogen (secondary N) is 2. The van der Waals surface area contributed by atoms with Gasteiger partial charge in [0, 0.05) is 10.9 Å². The first-order valence-corrected chi connectivity index (χ1v) is 8.49. The Labute approximate surface area is 155 Å². The van der Waals surface area contributed by atoms with E-state index in [1.165, 1.54) is 0 Å². The zero-order chi connectivity index (χ0) is 19.0. The maximum absolute atomic E-state index is 12.6. The average molecular weight is 366 g/mol. The van der Waals surface area contributed by atoms with E-state index in [2.05, 4.69) is 10.6 Å². The summed E-state index contributed by atoms with van der Waals surface area (Å²) in [7, 11) is 1.59. The van der Waals surface area contributed by atoms with E-state index in [0.29, 0.717) is 34.1 Å². The van der Waals surface area contributed by atoms with Gasteiger partial charge in [0.2, 0.25) is 0 Å². The molecule has 0 radical (unpaired) electrons. The molecule has 7 heteroatoms. The lowest BCUT2D eigenvalue weighted by Crippen LogP contribution is -2.28. The van der Waals surface area contributed by atoms with E-state index in [1.54, 1.807) is 25.3 Å². The van der Waals surface area contributed by atoms with Crippen LogP contribution in [-0.2, 0) is 4.79 Å². The predicted molar refractivity (Wildman–Crippen MR) is 99.2 cm³/mol.